The van der Waals surface area contributed by atoms with E-state index >= 15 is 0 Å². The van der Waals surface area contributed by atoms with Gasteiger partial charge in [0.2, 0.25) is 5.95 Å². The predicted octanol–water partition coefficient (Wildman–Crippen LogP) is 3.63. The molecule has 2 aromatic carbocycles. The van der Waals surface area contributed by atoms with Gasteiger partial charge in [-0.1, -0.05) is 42.1 Å². The quantitative estimate of drug-likeness (QED) is 0.371. The summed E-state index contributed by atoms with van der Waals surface area (Å²) in [6.45, 7) is 0.771. The zero-order valence-electron chi connectivity index (χ0n) is 19.5. The zero-order valence-corrected chi connectivity index (χ0v) is 20.3. The van der Waals surface area contributed by atoms with E-state index in [0.29, 0.717) is 28.6 Å². The largest absolute Gasteiger partial charge is 0.496 e. The molecule has 2 heterocycles. The van der Waals surface area contributed by atoms with Gasteiger partial charge in [-0.25, -0.2) is 9.97 Å². The summed E-state index contributed by atoms with van der Waals surface area (Å²) in [6.07, 6.45) is 7.51. The maximum Gasteiger partial charge on any atom is 0.260 e. The summed E-state index contributed by atoms with van der Waals surface area (Å²) >= 11 is 1.08. The molecular weight excluding hydrogens is 462 g/mol. The molecule has 0 radical (unpaired) electrons. The highest BCUT2D eigenvalue weighted by Crippen LogP contribution is 2.30. The van der Waals surface area contributed by atoms with Gasteiger partial charge in [-0.2, -0.15) is 0 Å². The first-order valence-electron chi connectivity index (χ1n) is 11.8. The molecule has 5 rings (SSSR count). The minimum Gasteiger partial charge on any atom is -0.496 e. The highest BCUT2D eigenvalue weighted by Gasteiger charge is 2.25. The number of rotatable bonds is 7. The van der Waals surface area contributed by atoms with Crippen molar-refractivity contribution >= 4 is 40.5 Å². The fourth-order valence-electron chi connectivity index (χ4n) is 4.70. The monoisotopic (exact) mass is 491 g/mol. The molecule has 2 fully saturated rings. The molecule has 1 amide bonds. The number of carbonyl (C=O) groups is 1. The number of ether oxygens (including phenoxy) is 1. The van der Waals surface area contributed by atoms with E-state index in [4.69, 9.17) is 4.74 Å². The Morgan fingerprint density at radius 3 is 2.71 bits per heavy atom. The maximum atomic E-state index is 11.8. The highest BCUT2D eigenvalue weighted by molar-refractivity contribution is 8.05. The van der Waals surface area contributed by atoms with Crippen LogP contribution in [0.1, 0.15) is 36.9 Å². The molecule has 0 spiro atoms. The molecule has 8 nitrogen and oxygen atoms in total. The van der Waals surface area contributed by atoms with Crippen molar-refractivity contribution in [3.8, 4) is 5.75 Å². The average Bonchev–Trinajstić information content (AvgIpc) is 3.19. The van der Waals surface area contributed by atoms with Crippen molar-refractivity contribution in [2.75, 3.05) is 12.4 Å². The summed E-state index contributed by atoms with van der Waals surface area (Å²) in [5.41, 5.74) is 0.930. The normalized spacial score (nSPS) is 23.4. The Kier molecular flexibility index (Phi) is 7.17. The number of nitrogens with one attached hydrogen (secondary N) is 3. The van der Waals surface area contributed by atoms with Crippen molar-refractivity contribution in [3.63, 3.8) is 0 Å². The van der Waals surface area contributed by atoms with Gasteiger partial charge in [-0.15, -0.1) is 0 Å². The van der Waals surface area contributed by atoms with Crippen molar-refractivity contribution < 1.29 is 14.6 Å². The molecule has 35 heavy (non-hydrogen) atoms. The van der Waals surface area contributed by atoms with Crippen LogP contribution in [0.25, 0.3) is 16.8 Å². The van der Waals surface area contributed by atoms with Gasteiger partial charge in [0.25, 0.3) is 5.91 Å². The lowest BCUT2D eigenvalue weighted by Gasteiger charge is -2.30. The average molecular weight is 492 g/mol. The summed E-state index contributed by atoms with van der Waals surface area (Å²) in [7, 11) is 1.72. The van der Waals surface area contributed by atoms with Crippen LogP contribution in [-0.2, 0) is 11.3 Å². The van der Waals surface area contributed by atoms with Crippen molar-refractivity contribution in [1.29, 1.82) is 0 Å². The van der Waals surface area contributed by atoms with Crippen molar-refractivity contribution in [2.45, 2.75) is 49.9 Å². The van der Waals surface area contributed by atoms with E-state index in [-0.39, 0.29) is 5.91 Å². The van der Waals surface area contributed by atoms with Crippen molar-refractivity contribution in [2.24, 2.45) is 0 Å². The predicted molar refractivity (Wildman–Crippen MR) is 139 cm³/mol. The molecule has 1 saturated heterocycles. The number of nitrogens with zero attached hydrogens (tertiary/aromatic N) is 2. The molecule has 1 aliphatic carbocycles. The standard InChI is InChI=1S/C26H29N5O3S/c1-34-22-11-6-16-4-2-3-5-20(16)21(22)15-28-17-7-9-18(10-8-17)29-25-27-13-12-19(30-25)14-23-24(32)31-26(33)35-23/h2-6,11-14,17-18,26,28,33H,7-10,15H2,1H3,(H,31,32)(H,27,29,30)/b23-14-. The van der Waals surface area contributed by atoms with Crippen LogP contribution in [0.15, 0.2) is 53.6 Å². The van der Waals surface area contributed by atoms with Gasteiger partial charge in [0.15, 0.2) is 5.56 Å². The summed E-state index contributed by atoms with van der Waals surface area (Å²) < 4.78 is 5.64. The fraction of sp³-hybridized carbons (Fsp3) is 0.346. The molecule has 1 unspecified atom stereocenters. The smallest absolute Gasteiger partial charge is 0.260 e. The number of anilines is 1. The second kappa shape index (κ2) is 10.6. The number of aliphatic hydroxyl groups is 1. The van der Waals surface area contributed by atoms with Gasteiger partial charge < -0.3 is 25.8 Å². The molecule has 1 saturated carbocycles. The van der Waals surface area contributed by atoms with E-state index in [1.54, 1.807) is 25.4 Å². The van der Waals surface area contributed by atoms with Crippen LogP contribution in [0.5, 0.6) is 5.75 Å². The maximum absolute atomic E-state index is 11.8. The highest BCUT2D eigenvalue weighted by atomic mass is 32.2. The van der Waals surface area contributed by atoms with E-state index in [1.807, 2.05) is 6.07 Å². The number of methoxy groups -OCH3 is 1. The second-order valence-corrected chi connectivity index (χ2v) is 9.92. The first kappa shape index (κ1) is 23.6. The number of hydrogen-bond donors (Lipinski definition) is 4. The summed E-state index contributed by atoms with van der Waals surface area (Å²) in [5, 5.41) is 21.6. The first-order valence-corrected chi connectivity index (χ1v) is 12.7. The molecule has 2 aliphatic rings. The number of fused-ring (bicyclic) bond motifs is 1. The Balaban J connectivity index is 1.16. The Labute approximate surface area is 208 Å². The zero-order chi connectivity index (χ0) is 24.2. The Morgan fingerprint density at radius 2 is 1.94 bits per heavy atom. The van der Waals surface area contributed by atoms with E-state index in [1.165, 1.54) is 16.3 Å². The Bertz CT molecular complexity index is 1240. The van der Waals surface area contributed by atoms with Crippen molar-refractivity contribution in [3.05, 3.63) is 64.8 Å². The molecular formula is C26H29N5O3S. The number of amides is 1. The van der Waals surface area contributed by atoms with E-state index in [9.17, 15) is 9.90 Å². The number of hydrogen-bond acceptors (Lipinski definition) is 8. The van der Waals surface area contributed by atoms with Gasteiger partial charge in [-0.3, -0.25) is 4.79 Å². The lowest BCUT2D eigenvalue weighted by atomic mass is 9.91. The fourth-order valence-corrected chi connectivity index (χ4v) is 5.46. The SMILES string of the molecule is COc1ccc2ccccc2c1CNC1CCC(Nc2nccc(/C=C3\SC(O)NC3=O)n2)CC1. The van der Waals surface area contributed by atoms with Crippen LogP contribution in [0.4, 0.5) is 5.95 Å². The van der Waals surface area contributed by atoms with Gasteiger partial charge in [0, 0.05) is 30.4 Å². The lowest BCUT2D eigenvalue weighted by Crippen LogP contribution is -2.37. The van der Waals surface area contributed by atoms with Crippen LogP contribution in [0.2, 0.25) is 0 Å². The molecule has 1 aromatic heterocycles. The van der Waals surface area contributed by atoms with Crippen LogP contribution >= 0.6 is 11.8 Å². The number of aromatic nitrogens is 2. The third-order valence-corrected chi connectivity index (χ3v) is 7.42. The van der Waals surface area contributed by atoms with Gasteiger partial charge in [-0.05, 0) is 54.7 Å². The molecule has 182 valence electrons. The Hall–Kier alpha value is -3.14. The Morgan fingerprint density at radius 1 is 1.14 bits per heavy atom. The van der Waals surface area contributed by atoms with E-state index in [0.717, 1.165) is 49.7 Å². The third kappa shape index (κ3) is 5.58. The number of benzene rings is 2. The lowest BCUT2D eigenvalue weighted by molar-refractivity contribution is -0.117. The van der Waals surface area contributed by atoms with Crippen LogP contribution in [0, 0.1) is 0 Å². The minimum absolute atomic E-state index is 0.289. The summed E-state index contributed by atoms with van der Waals surface area (Å²) in [5.74, 6) is 1.18. The van der Waals surface area contributed by atoms with Crippen LogP contribution in [-0.4, -0.2) is 45.7 Å². The van der Waals surface area contributed by atoms with Crippen molar-refractivity contribution in [1.82, 2.24) is 20.6 Å². The van der Waals surface area contributed by atoms with Crippen LogP contribution in [0.3, 0.4) is 0 Å². The van der Waals surface area contributed by atoms with E-state index in [2.05, 4.69) is 56.3 Å². The van der Waals surface area contributed by atoms with Gasteiger partial charge in [0.05, 0.1) is 17.7 Å². The summed E-state index contributed by atoms with van der Waals surface area (Å²) in [4.78, 5) is 21.2. The van der Waals surface area contributed by atoms with Gasteiger partial charge >= 0.3 is 0 Å². The number of carbonyl (C=O) groups excluding carboxylic acids is 1. The third-order valence-electron chi connectivity index (χ3n) is 6.52. The van der Waals surface area contributed by atoms with Gasteiger partial charge in [0.1, 0.15) is 5.75 Å². The van der Waals surface area contributed by atoms with Crippen LogP contribution < -0.4 is 20.7 Å². The first-order chi connectivity index (χ1) is 17.1. The molecule has 1 aliphatic heterocycles. The number of aliphatic hydroxyl groups excluding tert-OH is 1. The molecule has 9 heteroatoms. The number of thioether (sulfide) groups is 1. The van der Waals surface area contributed by atoms with E-state index < -0.39 is 5.56 Å². The second-order valence-electron chi connectivity index (χ2n) is 8.80. The molecule has 3 aromatic rings. The molecule has 0 bridgehead atoms. The summed E-state index contributed by atoms with van der Waals surface area (Å²) in [6, 6.07) is 15.1. The molecule has 4 N–H and O–H groups in total. The minimum atomic E-state index is -0.904. The molecule has 1 atom stereocenters. The topological polar surface area (TPSA) is 108 Å².